The van der Waals surface area contributed by atoms with Crippen molar-refractivity contribution in [1.29, 1.82) is 0 Å². The number of amides is 1. The number of carbonyl (C=O) groups excluding carboxylic acids is 1. The van der Waals surface area contributed by atoms with Crippen LogP contribution in [0.5, 0.6) is 0 Å². The number of likely N-dealkylation sites (tertiary alicyclic amines) is 1. The van der Waals surface area contributed by atoms with Gasteiger partial charge < -0.3 is 9.64 Å². The van der Waals surface area contributed by atoms with Gasteiger partial charge in [-0.2, -0.15) is 4.31 Å². The summed E-state index contributed by atoms with van der Waals surface area (Å²) in [4.78, 5) is 13.6. The standard InChI is InChI=1S/C11H20N2O4S/c14-11(12-4-1-2-5-12)3-10-18(15,16)13-6-8-17-9-7-13/h1-10H2. The maximum atomic E-state index is 12.0. The predicted octanol–water partition coefficient (Wildman–Crippen LogP) is -0.339. The van der Waals surface area contributed by atoms with Crippen molar-refractivity contribution in [2.45, 2.75) is 19.3 Å². The predicted molar refractivity (Wildman–Crippen MR) is 66.6 cm³/mol. The molecule has 0 aromatic heterocycles. The average molecular weight is 276 g/mol. The number of hydrogen-bond donors (Lipinski definition) is 0. The lowest BCUT2D eigenvalue weighted by Crippen LogP contribution is -2.42. The van der Waals surface area contributed by atoms with Crippen molar-refractivity contribution in [3.8, 4) is 0 Å². The van der Waals surface area contributed by atoms with E-state index >= 15 is 0 Å². The van der Waals surface area contributed by atoms with Crippen LogP contribution in [0, 0.1) is 0 Å². The highest BCUT2D eigenvalue weighted by Crippen LogP contribution is 2.11. The summed E-state index contributed by atoms with van der Waals surface area (Å²) in [6, 6.07) is 0. The fraction of sp³-hybridized carbons (Fsp3) is 0.909. The van der Waals surface area contributed by atoms with Crippen LogP contribution >= 0.6 is 0 Å². The Bertz CT molecular complexity index is 384. The number of sulfonamides is 1. The third-order valence-electron chi connectivity index (χ3n) is 3.40. The van der Waals surface area contributed by atoms with Crippen molar-refractivity contribution in [2.75, 3.05) is 45.1 Å². The Hall–Kier alpha value is -0.660. The van der Waals surface area contributed by atoms with Crippen LogP contribution in [-0.2, 0) is 19.6 Å². The van der Waals surface area contributed by atoms with Crippen molar-refractivity contribution in [2.24, 2.45) is 0 Å². The van der Waals surface area contributed by atoms with Crippen molar-refractivity contribution in [3.05, 3.63) is 0 Å². The van der Waals surface area contributed by atoms with Gasteiger partial charge >= 0.3 is 0 Å². The summed E-state index contributed by atoms with van der Waals surface area (Å²) in [5, 5.41) is 0. The van der Waals surface area contributed by atoms with Crippen LogP contribution in [0.1, 0.15) is 19.3 Å². The van der Waals surface area contributed by atoms with Crippen LogP contribution in [0.3, 0.4) is 0 Å². The van der Waals surface area contributed by atoms with E-state index in [1.807, 2.05) is 0 Å². The summed E-state index contributed by atoms with van der Waals surface area (Å²) in [7, 11) is -3.30. The first-order valence-electron chi connectivity index (χ1n) is 6.43. The molecule has 7 heteroatoms. The average Bonchev–Trinajstić information content (AvgIpc) is 2.91. The third kappa shape index (κ3) is 3.43. The van der Waals surface area contributed by atoms with Crippen LogP contribution in [0.4, 0.5) is 0 Å². The molecule has 104 valence electrons. The van der Waals surface area contributed by atoms with Crippen LogP contribution in [0.2, 0.25) is 0 Å². The molecule has 2 rings (SSSR count). The summed E-state index contributed by atoms with van der Waals surface area (Å²) in [5.74, 6) is -0.119. The Morgan fingerprint density at radius 2 is 1.67 bits per heavy atom. The largest absolute Gasteiger partial charge is 0.379 e. The first kappa shape index (κ1) is 13.8. The smallest absolute Gasteiger partial charge is 0.223 e. The van der Waals surface area contributed by atoms with Crippen molar-refractivity contribution >= 4 is 15.9 Å². The highest BCUT2D eigenvalue weighted by atomic mass is 32.2. The number of ether oxygens (including phenoxy) is 1. The maximum absolute atomic E-state index is 12.0. The minimum atomic E-state index is -3.30. The molecule has 2 aliphatic heterocycles. The highest BCUT2D eigenvalue weighted by Gasteiger charge is 2.26. The molecule has 2 heterocycles. The van der Waals surface area contributed by atoms with Crippen molar-refractivity contribution < 1.29 is 17.9 Å². The van der Waals surface area contributed by atoms with Gasteiger partial charge in [0.05, 0.1) is 19.0 Å². The molecule has 0 bridgehead atoms. The van der Waals surface area contributed by atoms with Crippen LogP contribution < -0.4 is 0 Å². The van der Waals surface area contributed by atoms with Crippen LogP contribution in [-0.4, -0.2) is 68.7 Å². The second-order valence-electron chi connectivity index (χ2n) is 4.67. The van der Waals surface area contributed by atoms with Gasteiger partial charge in [-0.25, -0.2) is 8.42 Å². The first-order valence-corrected chi connectivity index (χ1v) is 8.04. The van der Waals surface area contributed by atoms with Gasteiger partial charge in [0.2, 0.25) is 15.9 Å². The number of hydrogen-bond acceptors (Lipinski definition) is 4. The van der Waals surface area contributed by atoms with E-state index in [-0.39, 0.29) is 18.1 Å². The lowest BCUT2D eigenvalue weighted by atomic mass is 10.4. The summed E-state index contributed by atoms with van der Waals surface area (Å²) >= 11 is 0. The molecular formula is C11H20N2O4S. The second-order valence-corrected chi connectivity index (χ2v) is 6.75. The second kappa shape index (κ2) is 5.99. The number of rotatable bonds is 4. The zero-order valence-corrected chi connectivity index (χ0v) is 11.3. The fourth-order valence-electron chi connectivity index (χ4n) is 2.29. The molecular weight excluding hydrogens is 256 g/mol. The lowest BCUT2D eigenvalue weighted by Gasteiger charge is -2.26. The van der Waals surface area contributed by atoms with Crippen molar-refractivity contribution in [1.82, 2.24) is 9.21 Å². The molecule has 0 spiro atoms. The molecule has 0 N–H and O–H groups in total. The Labute approximate surface area is 108 Å². The van der Waals surface area contributed by atoms with Gasteiger partial charge in [0.15, 0.2) is 0 Å². The quantitative estimate of drug-likeness (QED) is 0.704. The monoisotopic (exact) mass is 276 g/mol. The first-order chi connectivity index (χ1) is 8.59. The van der Waals surface area contributed by atoms with E-state index < -0.39 is 10.0 Å². The molecule has 0 aromatic carbocycles. The van der Waals surface area contributed by atoms with E-state index in [0.29, 0.717) is 26.3 Å². The van der Waals surface area contributed by atoms with Gasteiger partial charge in [-0.05, 0) is 12.8 Å². The van der Waals surface area contributed by atoms with E-state index in [1.54, 1.807) is 4.90 Å². The van der Waals surface area contributed by atoms with Gasteiger partial charge in [0.25, 0.3) is 0 Å². The van der Waals surface area contributed by atoms with E-state index in [9.17, 15) is 13.2 Å². The Balaban J connectivity index is 1.82. The van der Waals surface area contributed by atoms with Gasteiger partial charge in [-0.15, -0.1) is 0 Å². The van der Waals surface area contributed by atoms with Crippen molar-refractivity contribution in [3.63, 3.8) is 0 Å². The zero-order chi connectivity index (χ0) is 13.0. The molecule has 2 aliphatic rings. The molecule has 2 saturated heterocycles. The van der Waals surface area contributed by atoms with E-state index in [0.717, 1.165) is 25.9 Å². The molecule has 0 saturated carbocycles. The topological polar surface area (TPSA) is 66.9 Å². The summed E-state index contributed by atoms with van der Waals surface area (Å²) in [6.07, 6.45) is 2.16. The normalized spacial score (nSPS) is 22.3. The van der Waals surface area contributed by atoms with Gasteiger partial charge in [0.1, 0.15) is 0 Å². The van der Waals surface area contributed by atoms with E-state index in [2.05, 4.69) is 0 Å². The summed E-state index contributed by atoms with van der Waals surface area (Å²) < 4.78 is 30.6. The number of morpholine rings is 1. The molecule has 1 amide bonds. The van der Waals surface area contributed by atoms with Crippen LogP contribution in [0.25, 0.3) is 0 Å². The molecule has 0 aliphatic carbocycles. The SMILES string of the molecule is O=C(CCS(=O)(=O)N1CCOCC1)N1CCCC1. The Kier molecular flexibility index (Phi) is 4.58. The third-order valence-corrected chi connectivity index (χ3v) is 5.27. The Morgan fingerprint density at radius 1 is 1.06 bits per heavy atom. The van der Waals surface area contributed by atoms with Gasteiger partial charge in [0, 0.05) is 32.6 Å². The molecule has 6 nitrogen and oxygen atoms in total. The van der Waals surface area contributed by atoms with Gasteiger partial charge in [-0.1, -0.05) is 0 Å². The minimum absolute atomic E-state index is 0.0377. The fourth-order valence-corrected chi connectivity index (χ4v) is 3.69. The minimum Gasteiger partial charge on any atom is -0.379 e. The van der Waals surface area contributed by atoms with E-state index in [1.165, 1.54) is 4.31 Å². The summed E-state index contributed by atoms with van der Waals surface area (Å²) in [5.41, 5.74) is 0. The molecule has 0 aromatic rings. The van der Waals surface area contributed by atoms with E-state index in [4.69, 9.17) is 4.74 Å². The molecule has 0 radical (unpaired) electrons. The summed E-state index contributed by atoms with van der Waals surface area (Å²) in [6.45, 7) is 3.24. The number of carbonyl (C=O) groups is 1. The molecule has 0 atom stereocenters. The maximum Gasteiger partial charge on any atom is 0.223 e. The molecule has 0 unspecified atom stereocenters. The lowest BCUT2D eigenvalue weighted by molar-refractivity contribution is -0.129. The Morgan fingerprint density at radius 3 is 2.28 bits per heavy atom. The molecule has 18 heavy (non-hydrogen) atoms. The van der Waals surface area contributed by atoms with Gasteiger partial charge in [-0.3, -0.25) is 4.79 Å². The molecule has 2 fully saturated rings. The van der Waals surface area contributed by atoms with Crippen LogP contribution in [0.15, 0.2) is 0 Å². The number of nitrogens with zero attached hydrogens (tertiary/aromatic N) is 2. The highest BCUT2D eigenvalue weighted by molar-refractivity contribution is 7.89. The zero-order valence-electron chi connectivity index (χ0n) is 10.5.